The second-order valence-corrected chi connectivity index (χ2v) is 5.73. The van der Waals surface area contributed by atoms with Crippen LogP contribution < -0.4 is 11.5 Å². The molecule has 2 aromatic rings. The zero-order chi connectivity index (χ0) is 18.7. The first kappa shape index (κ1) is 18.1. The topological polar surface area (TPSA) is 174 Å². The van der Waals surface area contributed by atoms with Gasteiger partial charge in [0.15, 0.2) is 23.6 Å². The van der Waals surface area contributed by atoms with Crippen LogP contribution in [-0.4, -0.2) is 61.1 Å². The predicted molar refractivity (Wildman–Crippen MR) is 89.4 cm³/mol. The second kappa shape index (κ2) is 7.66. The molecule has 11 heteroatoms. The van der Waals surface area contributed by atoms with Crippen molar-refractivity contribution in [3.63, 3.8) is 0 Å². The van der Waals surface area contributed by atoms with Crippen LogP contribution >= 0.6 is 0 Å². The Bertz CT molecular complexity index is 767. The maximum Gasteiger partial charge on any atom is 0.194 e. The Morgan fingerprint density at radius 1 is 1.27 bits per heavy atom. The predicted octanol–water partition coefficient (Wildman–Crippen LogP) is -1.69. The van der Waals surface area contributed by atoms with Crippen LogP contribution in [0.1, 0.15) is 17.5 Å². The molecule has 1 fully saturated rings. The fourth-order valence-corrected chi connectivity index (χ4v) is 2.55. The quantitative estimate of drug-likeness (QED) is 0.227. The van der Waals surface area contributed by atoms with Gasteiger partial charge in [0.25, 0.3) is 0 Å². The van der Waals surface area contributed by atoms with Crippen molar-refractivity contribution in [1.82, 2.24) is 15.0 Å². The van der Waals surface area contributed by atoms with E-state index in [0.717, 1.165) is 10.2 Å². The number of nitrogens with two attached hydrogens (primary N) is 2. The highest BCUT2D eigenvalue weighted by atomic mass is 16.6. The van der Waals surface area contributed by atoms with Gasteiger partial charge in [-0.2, -0.15) is 4.68 Å². The number of rotatable bonds is 6. The summed E-state index contributed by atoms with van der Waals surface area (Å²) >= 11 is 0. The number of nitrogen functional groups attached to an aromatic ring is 1. The first-order chi connectivity index (χ1) is 12.5. The highest BCUT2D eigenvalue weighted by molar-refractivity contribution is 5.98. The number of benzene rings is 1. The number of hydrogen-bond donors (Lipinski definition) is 5. The van der Waals surface area contributed by atoms with E-state index in [1.807, 2.05) is 30.3 Å². The van der Waals surface area contributed by atoms with Crippen LogP contribution in [0.15, 0.2) is 35.5 Å². The number of nitrogens with zero attached hydrogens (tertiary/aromatic N) is 4. The van der Waals surface area contributed by atoms with E-state index in [9.17, 15) is 10.2 Å². The van der Waals surface area contributed by atoms with Gasteiger partial charge >= 0.3 is 0 Å². The highest BCUT2D eigenvalue weighted by Crippen LogP contribution is 2.30. The molecule has 0 unspecified atom stereocenters. The Labute approximate surface area is 148 Å². The van der Waals surface area contributed by atoms with E-state index in [4.69, 9.17) is 26.1 Å². The van der Waals surface area contributed by atoms with Gasteiger partial charge < -0.3 is 36.4 Å². The largest absolute Gasteiger partial charge is 0.394 e. The van der Waals surface area contributed by atoms with E-state index in [1.165, 1.54) is 0 Å². The third-order valence-electron chi connectivity index (χ3n) is 3.97. The third kappa shape index (κ3) is 3.46. The molecule has 1 aliphatic rings. The molecule has 7 N–H and O–H groups in total. The molecule has 26 heavy (non-hydrogen) atoms. The SMILES string of the molecule is N/C(=N\OCc1ccccc1)c1nnn([C@@H]2O[C@H](CO)[C@@H](O)[C@H]2O)c1N. The standard InChI is InChI=1S/C15H20N6O5/c16-13(19-25-7-8-4-2-1-3-5-8)10-14(17)21(20-18-10)15-12(24)11(23)9(6-22)26-15/h1-5,9,11-12,15,22-24H,6-7,17H2,(H2,16,19)/t9-,11-,12-,15-/m1/s1. The molecule has 0 bridgehead atoms. The maximum absolute atomic E-state index is 10.0. The molecule has 1 aliphatic heterocycles. The van der Waals surface area contributed by atoms with Crippen LogP contribution in [0.25, 0.3) is 0 Å². The van der Waals surface area contributed by atoms with Crippen LogP contribution in [0.3, 0.4) is 0 Å². The van der Waals surface area contributed by atoms with E-state index >= 15 is 0 Å². The molecular formula is C15H20N6O5. The Hall–Kier alpha value is -2.73. The van der Waals surface area contributed by atoms with E-state index in [1.54, 1.807) is 0 Å². The average molecular weight is 364 g/mol. The lowest BCUT2D eigenvalue weighted by Crippen LogP contribution is -2.33. The van der Waals surface area contributed by atoms with Crippen LogP contribution in [0.5, 0.6) is 0 Å². The monoisotopic (exact) mass is 364 g/mol. The minimum atomic E-state index is -1.34. The summed E-state index contributed by atoms with van der Waals surface area (Å²) in [5, 5.41) is 40.4. The number of aliphatic hydroxyl groups excluding tert-OH is 3. The molecule has 0 amide bonds. The summed E-state index contributed by atoms with van der Waals surface area (Å²) in [5.41, 5.74) is 12.7. The molecule has 0 saturated carbocycles. The van der Waals surface area contributed by atoms with Gasteiger partial charge in [-0.05, 0) is 5.56 Å². The third-order valence-corrected chi connectivity index (χ3v) is 3.97. The number of anilines is 1. The molecular weight excluding hydrogens is 344 g/mol. The van der Waals surface area contributed by atoms with Crippen molar-refractivity contribution in [3.05, 3.63) is 41.6 Å². The van der Waals surface area contributed by atoms with Crippen molar-refractivity contribution in [2.75, 3.05) is 12.3 Å². The Balaban J connectivity index is 1.71. The molecule has 3 rings (SSSR count). The Morgan fingerprint density at radius 2 is 2.00 bits per heavy atom. The molecule has 140 valence electrons. The van der Waals surface area contributed by atoms with Gasteiger partial charge in [-0.1, -0.05) is 40.7 Å². The summed E-state index contributed by atoms with van der Waals surface area (Å²) in [6, 6.07) is 9.38. The summed E-state index contributed by atoms with van der Waals surface area (Å²) in [7, 11) is 0. The number of aliphatic hydroxyl groups is 3. The highest BCUT2D eigenvalue weighted by Gasteiger charge is 2.44. The number of oxime groups is 1. The fourth-order valence-electron chi connectivity index (χ4n) is 2.55. The molecule has 4 atom stereocenters. The minimum Gasteiger partial charge on any atom is -0.394 e. The Kier molecular flexibility index (Phi) is 5.32. The van der Waals surface area contributed by atoms with E-state index in [0.29, 0.717) is 0 Å². The molecule has 0 spiro atoms. The average Bonchev–Trinajstić information content (AvgIpc) is 3.16. The van der Waals surface area contributed by atoms with E-state index < -0.39 is 31.1 Å². The molecule has 1 aromatic carbocycles. The summed E-state index contributed by atoms with van der Waals surface area (Å²) in [6.07, 6.45) is -4.68. The zero-order valence-electron chi connectivity index (χ0n) is 13.7. The van der Waals surface area contributed by atoms with Crippen molar-refractivity contribution in [1.29, 1.82) is 0 Å². The van der Waals surface area contributed by atoms with E-state index in [2.05, 4.69) is 15.5 Å². The molecule has 11 nitrogen and oxygen atoms in total. The summed E-state index contributed by atoms with van der Waals surface area (Å²) in [5.74, 6) is -0.124. The van der Waals surface area contributed by atoms with Crippen LogP contribution in [0.4, 0.5) is 5.82 Å². The van der Waals surface area contributed by atoms with Crippen LogP contribution in [-0.2, 0) is 16.2 Å². The van der Waals surface area contributed by atoms with Crippen molar-refractivity contribution in [2.45, 2.75) is 31.1 Å². The maximum atomic E-state index is 10.0. The second-order valence-electron chi connectivity index (χ2n) is 5.73. The number of aromatic nitrogens is 3. The molecule has 0 radical (unpaired) electrons. The lowest BCUT2D eigenvalue weighted by molar-refractivity contribution is -0.0582. The number of hydrogen-bond acceptors (Lipinski definition) is 9. The van der Waals surface area contributed by atoms with E-state index in [-0.39, 0.29) is 24.0 Å². The van der Waals surface area contributed by atoms with Crippen molar-refractivity contribution in [2.24, 2.45) is 10.9 Å². The van der Waals surface area contributed by atoms with Gasteiger partial charge in [0, 0.05) is 0 Å². The first-order valence-electron chi connectivity index (χ1n) is 7.85. The lowest BCUT2D eigenvalue weighted by Gasteiger charge is -2.15. The van der Waals surface area contributed by atoms with Crippen molar-refractivity contribution in [3.8, 4) is 0 Å². The number of amidine groups is 1. The lowest BCUT2D eigenvalue weighted by atomic mass is 10.1. The fraction of sp³-hybridized carbons (Fsp3) is 0.400. The van der Waals surface area contributed by atoms with Gasteiger partial charge in [-0.3, -0.25) is 0 Å². The van der Waals surface area contributed by atoms with Crippen molar-refractivity contribution < 1.29 is 24.9 Å². The normalized spacial score (nSPS) is 26.2. The van der Waals surface area contributed by atoms with Crippen LogP contribution in [0, 0.1) is 0 Å². The smallest absolute Gasteiger partial charge is 0.194 e. The molecule has 1 saturated heterocycles. The minimum absolute atomic E-state index is 0.0237. The van der Waals surface area contributed by atoms with Crippen LogP contribution in [0.2, 0.25) is 0 Å². The van der Waals surface area contributed by atoms with Gasteiger partial charge in [0.05, 0.1) is 6.61 Å². The molecule has 2 heterocycles. The first-order valence-corrected chi connectivity index (χ1v) is 7.85. The molecule has 0 aliphatic carbocycles. The van der Waals surface area contributed by atoms with Crippen molar-refractivity contribution >= 4 is 11.7 Å². The van der Waals surface area contributed by atoms with Gasteiger partial charge in [0.1, 0.15) is 24.9 Å². The van der Waals surface area contributed by atoms with Gasteiger partial charge in [-0.15, -0.1) is 5.10 Å². The molecule has 1 aromatic heterocycles. The summed E-state index contributed by atoms with van der Waals surface area (Å²) < 4.78 is 6.42. The summed E-state index contributed by atoms with van der Waals surface area (Å²) in [4.78, 5) is 5.17. The van der Waals surface area contributed by atoms with Gasteiger partial charge in [0.2, 0.25) is 0 Å². The summed E-state index contributed by atoms with van der Waals surface area (Å²) in [6.45, 7) is -0.252. The number of ether oxygens (including phenoxy) is 1. The van der Waals surface area contributed by atoms with Gasteiger partial charge in [-0.25, -0.2) is 0 Å². The Morgan fingerprint density at radius 3 is 2.65 bits per heavy atom. The zero-order valence-corrected chi connectivity index (χ0v) is 13.7.